The van der Waals surface area contributed by atoms with Crippen molar-refractivity contribution in [2.24, 2.45) is 21.6 Å². The van der Waals surface area contributed by atoms with Gasteiger partial charge in [-0.25, -0.2) is 13.4 Å². The second kappa shape index (κ2) is 9.39. The lowest BCUT2D eigenvalue weighted by Gasteiger charge is -2.39. The van der Waals surface area contributed by atoms with Crippen molar-refractivity contribution in [1.29, 1.82) is 0 Å². The van der Waals surface area contributed by atoms with Gasteiger partial charge in [-0.2, -0.15) is 0 Å². The fourth-order valence-corrected chi connectivity index (χ4v) is 6.70. The minimum Gasteiger partial charge on any atom is -0.497 e. The summed E-state index contributed by atoms with van der Waals surface area (Å²) in [4.78, 5) is 11.6. The summed E-state index contributed by atoms with van der Waals surface area (Å²) in [5, 5.41) is -0.0973. The zero-order chi connectivity index (χ0) is 25.7. The minimum atomic E-state index is -3.30. The first-order chi connectivity index (χ1) is 17.1. The van der Waals surface area contributed by atoms with E-state index in [-0.39, 0.29) is 30.3 Å². The molecule has 10 heteroatoms. The van der Waals surface area contributed by atoms with Crippen molar-refractivity contribution in [2.75, 3.05) is 26.5 Å². The van der Waals surface area contributed by atoms with E-state index in [9.17, 15) is 8.42 Å². The van der Waals surface area contributed by atoms with Gasteiger partial charge in [0.15, 0.2) is 21.3 Å². The van der Waals surface area contributed by atoms with Crippen molar-refractivity contribution in [1.82, 2.24) is 4.90 Å². The van der Waals surface area contributed by atoms with Crippen LogP contribution in [0, 0.1) is 5.92 Å². The molecule has 7 nitrogen and oxygen atoms in total. The minimum absolute atomic E-state index is 0.133. The number of benzene rings is 1. The standard InChI is InChI=1S/C26H28Cl2N4O3S/c1-35-22-8-6-18(7-9-22)26(24-30-14-23(36(2,33)34)15-32(24)25(29)31-26)19-5-3-4-16(10-19)17-11-20(27)13-21(28)12-17/h3-4,6-12,19-20,23H,5,13-15H2,1-2H3,(H2,29,31). The average molecular weight is 548 g/mol. The number of methoxy groups -OCH3 is 1. The van der Waals surface area contributed by atoms with Gasteiger partial charge in [-0.05, 0) is 41.3 Å². The van der Waals surface area contributed by atoms with Gasteiger partial charge in [-0.3, -0.25) is 9.89 Å². The van der Waals surface area contributed by atoms with E-state index in [2.05, 4.69) is 18.2 Å². The molecule has 0 aromatic heterocycles. The molecule has 36 heavy (non-hydrogen) atoms. The lowest BCUT2D eigenvalue weighted by atomic mass is 9.72. The molecule has 0 bridgehead atoms. The Balaban J connectivity index is 1.65. The van der Waals surface area contributed by atoms with Gasteiger partial charge >= 0.3 is 0 Å². The smallest absolute Gasteiger partial charge is 0.198 e. The Morgan fingerprint density at radius 1 is 1.19 bits per heavy atom. The number of sulfone groups is 1. The molecular weight excluding hydrogens is 519 g/mol. The van der Waals surface area contributed by atoms with Gasteiger partial charge in [0, 0.05) is 30.2 Å². The lowest BCUT2D eigenvalue weighted by molar-refractivity contribution is 0.408. The molecular formula is C26H28Cl2N4O3S. The maximum atomic E-state index is 12.3. The number of hydrogen-bond donors (Lipinski definition) is 1. The van der Waals surface area contributed by atoms with E-state index < -0.39 is 20.6 Å². The Morgan fingerprint density at radius 2 is 1.94 bits per heavy atom. The number of ether oxygens (including phenoxy) is 1. The second-order valence-corrected chi connectivity index (χ2v) is 12.9. The van der Waals surface area contributed by atoms with Crippen molar-refractivity contribution >= 4 is 44.8 Å². The van der Waals surface area contributed by atoms with Gasteiger partial charge in [0.25, 0.3) is 0 Å². The van der Waals surface area contributed by atoms with E-state index in [1.54, 1.807) is 12.0 Å². The molecule has 1 aromatic rings. The van der Waals surface area contributed by atoms with Crippen molar-refractivity contribution in [2.45, 2.75) is 29.0 Å². The number of halogens is 2. The monoisotopic (exact) mass is 546 g/mol. The molecule has 0 saturated carbocycles. The second-order valence-electron chi connectivity index (χ2n) is 9.49. The fraction of sp³-hybridized carbons (Fsp3) is 0.385. The summed E-state index contributed by atoms with van der Waals surface area (Å²) >= 11 is 12.8. The number of nitrogens with two attached hydrogens (primary N) is 1. The summed E-state index contributed by atoms with van der Waals surface area (Å²) in [5.41, 5.74) is 8.42. The first-order valence-corrected chi connectivity index (χ1v) is 14.5. The topological polar surface area (TPSA) is 97.4 Å². The molecule has 5 rings (SSSR count). The molecule has 0 saturated heterocycles. The Labute approximate surface area is 221 Å². The summed E-state index contributed by atoms with van der Waals surface area (Å²) in [6.45, 7) is 0.392. The molecule has 2 N–H and O–H groups in total. The van der Waals surface area contributed by atoms with E-state index in [0.717, 1.165) is 22.5 Å². The summed E-state index contributed by atoms with van der Waals surface area (Å²) in [6.07, 6.45) is 12.9. The Kier molecular flexibility index (Phi) is 6.55. The fourth-order valence-electron chi connectivity index (χ4n) is 5.27. The van der Waals surface area contributed by atoms with Gasteiger partial charge in [0.05, 0.1) is 24.3 Å². The Hall–Kier alpha value is -2.55. The maximum absolute atomic E-state index is 12.3. The van der Waals surface area contributed by atoms with Gasteiger partial charge in [0.2, 0.25) is 0 Å². The first-order valence-electron chi connectivity index (χ1n) is 11.7. The maximum Gasteiger partial charge on any atom is 0.198 e. The summed E-state index contributed by atoms with van der Waals surface area (Å²) in [7, 11) is -1.67. The number of hydrogen-bond acceptors (Lipinski definition) is 7. The zero-order valence-corrected chi connectivity index (χ0v) is 22.4. The molecule has 4 atom stereocenters. The van der Waals surface area contributed by atoms with Crippen LogP contribution >= 0.6 is 23.2 Å². The average Bonchev–Trinajstić information content (AvgIpc) is 3.16. The van der Waals surface area contributed by atoms with Crippen LogP contribution < -0.4 is 10.5 Å². The molecule has 2 aliphatic heterocycles. The van der Waals surface area contributed by atoms with Crippen LogP contribution in [0.25, 0.3) is 0 Å². The quantitative estimate of drug-likeness (QED) is 0.564. The predicted molar refractivity (Wildman–Crippen MR) is 146 cm³/mol. The number of guanidine groups is 1. The van der Waals surface area contributed by atoms with Crippen LogP contribution in [0.15, 0.2) is 80.8 Å². The third-order valence-electron chi connectivity index (χ3n) is 7.13. The van der Waals surface area contributed by atoms with Crippen LogP contribution in [-0.2, 0) is 15.4 Å². The molecule has 0 fully saturated rings. The molecule has 1 aromatic carbocycles. The number of rotatable bonds is 5. The number of nitrogens with zero attached hydrogens (tertiary/aromatic N) is 3. The van der Waals surface area contributed by atoms with Crippen molar-refractivity contribution in [3.8, 4) is 5.75 Å². The third-order valence-corrected chi connectivity index (χ3v) is 9.18. The van der Waals surface area contributed by atoms with E-state index in [4.69, 9.17) is 43.7 Å². The number of alkyl halides is 1. The van der Waals surface area contributed by atoms with E-state index >= 15 is 0 Å². The predicted octanol–water partition coefficient (Wildman–Crippen LogP) is 3.91. The molecule has 2 heterocycles. The van der Waals surface area contributed by atoms with Crippen LogP contribution in [0.2, 0.25) is 0 Å². The van der Waals surface area contributed by atoms with Gasteiger partial charge < -0.3 is 10.5 Å². The zero-order valence-electron chi connectivity index (χ0n) is 20.1. The van der Waals surface area contributed by atoms with Gasteiger partial charge in [-0.1, -0.05) is 48.0 Å². The number of aliphatic imine (C=N–C) groups is 2. The molecule has 2 aliphatic carbocycles. The molecule has 0 spiro atoms. The largest absolute Gasteiger partial charge is 0.497 e. The third kappa shape index (κ3) is 4.40. The van der Waals surface area contributed by atoms with Crippen molar-refractivity contribution < 1.29 is 13.2 Å². The number of amidine groups is 1. The van der Waals surface area contributed by atoms with Crippen molar-refractivity contribution in [3.05, 3.63) is 76.4 Å². The van der Waals surface area contributed by atoms with Crippen molar-refractivity contribution in [3.63, 3.8) is 0 Å². The molecule has 190 valence electrons. The normalized spacial score (nSPS) is 30.1. The van der Waals surface area contributed by atoms with Crippen LogP contribution in [-0.4, -0.2) is 62.2 Å². The van der Waals surface area contributed by atoms with Gasteiger partial charge in [0.1, 0.15) is 11.6 Å². The highest BCUT2D eigenvalue weighted by molar-refractivity contribution is 7.91. The highest BCUT2D eigenvalue weighted by atomic mass is 35.5. The number of fused-ring (bicyclic) bond motifs is 1. The van der Waals surface area contributed by atoms with Crippen LogP contribution in [0.1, 0.15) is 18.4 Å². The highest BCUT2D eigenvalue weighted by Crippen LogP contribution is 2.47. The SMILES string of the molecule is COc1ccc(C2(C3C=C(C4=CC(Cl)CC(Cl)=C4)C=CC3)N=C(N)N3CC(S(C)(=O)=O)CN=C32)cc1. The molecule has 4 unspecified atom stereocenters. The molecule has 0 amide bonds. The highest BCUT2D eigenvalue weighted by Gasteiger charge is 2.53. The van der Waals surface area contributed by atoms with Gasteiger partial charge in [-0.15, -0.1) is 11.6 Å². The Morgan fingerprint density at radius 3 is 2.61 bits per heavy atom. The van der Waals surface area contributed by atoms with Crippen LogP contribution in [0.5, 0.6) is 5.75 Å². The molecule has 0 radical (unpaired) electrons. The van der Waals surface area contributed by atoms with Crippen LogP contribution in [0.4, 0.5) is 0 Å². The lowest BCUT2D eigenvalue weighted by Crippen LogP contribution is -2.53. The van der Waals surface area contributed by atoms with Crippen LogP contribution in [0.3, 0.4) is 0 Å². The number of allylic oxidation sites excluding steroid dienone is 7. The van der Waals surface area contributed by atoms with E-state index in [1.807, 2.05) is 36.4 Å². The molecule has 4 aliphatic rings. The van der Waals surface area contributed by atoms with E-state index in [1.165, 1.54) is 6.26 Å². The summed E-state index contributed by atoms with van der Waals surface area (Å²) < 4.78 is 30.0. The van der Waals surface area contributed by atoms with E-state index in [0.29, 0.717) is 23.7 Å². The summed E-state index contributed by atoms with van der Waals surface area (Å²) in [6, 6.07) is 7.73. The Bertz CT molecular complexity index is 1360. The summed E-state index contributed by atoms with van der Waals surface area (Å²) in [5.74, 6) is 1.53. The first kappa shape index (κ1) is 25.1.